The number of hydrogen-bond donors (Lipinski definition) is 4. The summed E-state index contributed by atoms with van der Waals surface area (Å²) < 4.78 is 1.43. The molecule has 0 spiro atoms. The smallest absolute Gasteiger partial charge is 0.354 e. The maximum atomic E-state index is 12.7. The average Bonchev–Trinajstić information content (AvgIpc) is 2.87. The summed E-state index contributed by atoms with van der Waals surface area (Å²) in [6, 6.07) is 8.96. The van der Waals surface area contributed by atoms with Crippen LogP contribution < -0.4 is 22.5 Å². The lowest BCUT2D eigenvalue weighted by Gasteiger charge is -2.39. The third kappa shape index (κ3) is 6.88. The predicted molar refractivity (Wildman–Crippen MR) is 146 cm³/mol. The van der Waals surface area contributed by atoms with Gasteiger partial charge in [-0.1, -0.05) is 12.1 Å². The molecular weight excluding hydrogens is 512 g/mol. The molecular formula is C25H37ClN8O4. The van der Waals surface area contributed by atoms with Crippen molar-refractivity contribution in [3.63, 3.8) is 0 Å². The topological polar surface area (TPSA) is 163 Å². The van der Waals surface area contributed by atoms with E-state index in [0.717, 1.165) is 32.6 Å². The Hall–Kier alpha value is -3.03. The number of amides is 3. The minimum absolute atomic E-state index is 0. The predicted octanol–water partition coefficient (Wildman–Crippen LogP) is -0.179. The third-order valence-corrected chi connectivity index (χ3v) is 6.94. The van der Waals surface area contributed by atoms with Crippen LogP contribution >= 0.6 is 12.4 Å². The zero-order valence-corrected chi connectivity index (χ0v) is 22.4. The molecule has 0 saturated carbocycles. The van der Waals surface area contributed by atoms with E-state index in [1.807, 2.05) is 24.3 Å². The van der Waals surface area contributed by atoms with Crippen molar-refractivity contribution >= 4 is 30.2 Å². The van der Waals surface area contributed by atoms with E-state index in [1.165, 1.54) is 22.0 Å². The van der Waals surface area contributed by atoms with Crippen molar-refractivity contribution in [1.29, 1.82) is 0 Å². The molecule has 3 amide bonds. The van der Waals surface area contributed by atoms with Gasteiger partial charge < -0.3 is 26.4 Å². The van der Waals surface area contributed by atoms with Crippen LogP contribution in [0.5, 0.6) is 0 Å². The first kappa shape index (κ1) is 29.5. The molecule has 2 aliphatic rings. The summed E-state index contributed by atoms with van der Waals surface area (Å²) in [5.41, 5.74) is 11.5. The molecule has 2 saturated heterocycles. The fourth-order valence-electron chi connectivity index (χ4n) is 4.64. The molecule has 2 fully saturated rings. The molecule has 1 atom stereocenters. The minimum Gasteiger partial charge on any atom is -0.394 e. The van der Waals surface area contributed by atoms with Crippen molar-refractivity contribution in [2.24, 2.45) is 17.4 Å². The van der Waals surface area contributed by atoms with E-state index >= 15 is 0 Å². The van der Waals surface area contributed by atoms with Crippen LogP contribution in [-0.2, 0) is 11.3 Å². The number of nitrogens with zero attached hydrogens (tertiary/aromatic N) is 5. The number of piperazine rings is 1. The van der Waals surface area contributed by atoms with E-state index in [4.69, 9.17) is 11.5 Å². The summed E-state index contributed by atoms with van der Waals surface area (Å²) in [4.78, 5) is 47.2. The lowest BCUT2D eigenvalue weighted by Crippen LogP contribution is -2.60. The van der Waals surface area contributed by atoms with Crippen LogP contribution in [0.15, 0.2) is 41.3 Å². The number of halogens is 1. The molecule has 0 radical (unpaired) electrons. The zero-order chi connectivity index (χ0) is 26.6. The molecule has 1 aromatic carbocycles. The summed E-state index contributed by atoms with van der Waals surface area (Å²) in [5, 5.41) is 12.0. The third-order valence-electron chi connectivity index (χ3n) is 6.94. The van der Waals surface area contributed by atoms with Gasteiger partial charge in [-0.3, -0.25) is 19.6 Å². The van der Waals surface area contributed by atoms with Gasteiger partial charge in [0, 0.05) is 52.0 Å². The molecule has 4 rings (SSSR count). The van der Waals surface area contributed by atoms with E-state index in [1.54, 1.807) is 17.2 Å². The average molecular weight is 549 g/mol. The first-order valence-electron chi connectivity index (χ1n) is 12.6. The van der Waals surface area contributed by atoms with Crippen LogP contribution in [0.1, 0.15) is 18.9 Å². The van der Waals surface area contributed by atoms with Gasteiger partial charge in [0.2, 0.25) is 5.91 Å². The lowest BCUT2D eigenvalue weighted by molar-refractivity contribution is -0.139. The maximum absolute atomic E-state index is 12.7. The number of aliphatic hydroxyl groups is 1. The number of nitrogens with one attached hydrogen (secondary N) is 1. The second-order valence-corrected chi connectivity index (χ2v) is 10.1. The number of likely N-dealkylation sites (tertiary alicyclic amines) is 1. The largest absolute Gasteiger partial charge is 0.394 e. The van der Waals surface area contributed by atoms with Crippen molar-refractivity contribution in [3.8, 4) is 5.69 Å². The molecule has 6 N–H and O–H groups in total. The van der Waals surface area contributed by atoms with Crippen molar-refractivity contribution in [2.45, 2.75) is 25.4 Å². The second-order valence-electron chi connectivity index (χ2n) is 10.1. The second kappa shape index (κ2) is 12.7. The van der Waals surface area contributed by atoms with Gasteiger partial charge in [-0.25, -0.2) is 9.59 Å². The SMILES string of the molecule is C[C@](N)(CO)C(=O)N1CCN(C(=O)Nc2ccn(-c3ccc(CN4CC(CCN)C4)cc3)c(=O)n2)CC1.Cl. The summed E-state index contributed by atoms with van der Waals surface area (Å²) in [5.74, 6) is 0.493. The van der Waals surface area contributed by atoms with Gasteiger partial charge in [0.1, 0.15) is 11.4 Å². The standard InChI is InChI=1S/C25H36N8O4.ClH/c1-25(27,17-34)22(35)31-10-12-32(13-11-31)23(36)28-21-7-9-33(24(37)29-21)20-4-2-18(3-5-20)14-30-15-19(16-30)6-8-26;/h2-5,7,9,19,34H,6,8,10-17,26-27H2,1H3,(H,28,29,36,37);1H/t25-;/m0./s1. The van der Waals surface area contributed by atoms with Crippen LogP contribution in [0.2, 0.25) is 0 Å². The van der Waals surface area contributed by atoms with Crippen LogP contribution in [0.4, 0.5) is 10.6 Å². The van der Waals surface area contributed by atoms with Crippen molar-refractivity contribution in [3.05, 3.63) is 52.6 Å². The first-order chi connectivity index (χ1) is 17.7. The molecule has 0 unspecified atom stereocenters. The number of hydrogen-bond acceptors (Lipinski definition) is 8. The summed E-state index contributed by atoms with van der Waals surface area (Å²) >= 11 is 0. The monoisotopic (exact) mass is 548 g/mol. The van der Waals surface area contributed by atoms with E-state index in [2.05, 4.69) is 15.2 Å². The fourth-order valence-corrected chi connectivity index (χ4v) is 4.64. The number of rotatable bonds is 8. The maximum Gasteiger partial charge on any atom is 0.354 e. The van der Waals surface area contributed by atoms with Crippen molar-refractivity contribution in [2.75, 3.05) is 57.7 Å². The molecule has 0 aliphatic carbocycles. The van der Waals surface area contributed by atoms with Gasteiger partial charge in [0.05, 0.1) is 12.3 Å². The molecule has 2 aliphatic heterocycles. The zero-order valence-electron chi connectivity index (χ0n) is 21.6. The van der Waals surface area contributed by atoms with Crippen LogP contribution in [0.25, 0.3) is 5.69 Å². The first-order valence-corrected chi connectivity index (χ1v) is 12.6. The van der Waals surface area contributed by atoms with Gasteiger partial charge in [0.15, 0.2) is 0 Å². The van der Waals surface area contributed by atoms with E-state index < -0.39 is 23.9 Å². The number of urea groups is 1. The Balaban J connectivity index is 0.00000400. The van der Waals surface area contributed by atoms with Crippen molar-refractivity contribution < 1.29 is 14.7 Å². The number of aromatic nitrogens is 2. The summed E-state index contributed by atoms with van der Waals surface area (Å²) in [7, 11) is 0. The van der Waals surface area contributed by atoms with E-state index in [9.17, 15) is 19.5 Å². The normalized spacial score (nSPS) is 17.8. The Bertz CT molecular complexity index is 1160. The molecule has 0 bridgehead atoms. The Morgan fingerprint density at radius 1 is 1.11 bits per heavy atom. The highest BCUT2D eigenvalue weighted by Gasteiger charge is 2.34. The number of nitrogens with two attached hydrogens (primary N) is 2. The number of anilines is 1. The summed E-state index contributed by atoms with van der Waals surface area (Å²) in [6.45, 7) is 5.96. The Labute approximate surface area is 228 Å². The lowest BCUT2D eigenvalue weighted by atomic mass is 9.96. The quantitative estimate of drug-likeness (QED) is 0.353. The van der Waals surface area contributed by atoms with Gasteiger partial charge >= 0.3 is 11.7 Å². The van der Waals surface area contributed by atoms with Crippen molar-refractivity contribution in [1.82, 2.24) is 24.3 Å². The minimum atomic E-state index is -1.35. The van der Waals surface area contributed by atoms with Gasteiger partial charge in [0.25, 0.3) is 0 Å². The number of carbonyl (C=O) groups excluding carboxylic acids is 2. The molecule has 1 aromatic heterocycles. The number of carbonyl (C=O) groups is 2. The molecule has 13 heteroatoms. The van der Waals surface area contributed by atoms with Crippen LogP contribution in [-0.4, -0.2) is 99.3 Å². The summed E-state index contributed by atoms with van der Waals surface area (Å²) in [6.07, 6.45) is 2.65. The number of benzene rings is 1. The molecule has 38 heavy (non-hydrogen) atoms. The Kier molecular flexibility index (Phi) is 9.85. The van der Waals surface area contributed by atoms with Crippen LogP contribution in [0.3, 0.4) is 0 Å². The molecule has 2 aromatic rings. The fraction of sp³-hybridized carbons (Fsp3) is 0.520. The highest BCUT2D eigenvalue weighted by molar-refractivity contribution is 5.89. The molecule has 208 valence electrons. The van der Waals surface area contributed by atoms with Crippen LogP contribution in [0, 0.1) is 5.92 Å². The van der Waals surface area contributed by atoms with Gasteiger partial charge in [-0.05, 0) is 49.6 Å². The highest BCUT2D eigenvalue weighted by Crippen LogP contribution is 2.21. The highest BCUT2D eigenvalue weighted by atomic mass is 35.5. The van der Waals surface area contributed by atoms with E-state index in [0.29, 0.717) is 37.8 Å². The Morgan fingerprint density at radius 3 is 2.32 bits per heavy atom. The Morgan fingerprint density at radius 2 is 1.74 bits per heavy atom. The van der Waals surface area contributed by atoms with Gasteiger partial charge in [-0.15, -0.1) is 12.4 Å². The number of aliphatic hydroxyl groups excluding tert-OH is 1. The molecule has 3 heterocycles. The van der Waals surface area contributed by atoms with E-state index in [-0.39, 0.29) is 24.1 Å². The van der Waals surface area contributed by atoms with Gasteiger partial charge in [-0.2, -0.15) is 4.98 Å². The molecule has 12 nitrogen and oxygen atoms in total.